The number of nitrogens with one attached hydrogen (secondary N) is 2. The van der Waals surface area contributed by atoms with Crippen LogP contribution in [0.3, 0.4) is 0 Å². The van der Waals surface area contributed by atoms with Crippen molar-refractivity contribution in [1.82, 2.24) is 15.1 Å². The summed E-state index contributed by atoms with van der Waals surface area (Å²) in [6.45, 7) is 3.80. The predicted molar refractivity (Wildman–Crippen MR) is 130 cm³/mol. The molecule has 182 valence electrons. The molecule has 35 heavy (non-hydrogen) atoms. The molecular weight excluding hydrogens is 448 g/mol. The summed E-state index contributed by atoms with van der Waals surface area (Å²) in [6, 6.07) is 16.2. The Balaban J connectivity index is 1.31. The van der Waals surface area contributed by atoms with E-state index in [-0.39, 0.29) is 36.2 Å². The second-order valence-corrected chi connectivity index (χ2v) is 9.22. The Bertz CT molecular complexity index is 1230. The Morgan fingerprint density at radius 1 is 1.06 bits per heavy atom. The van der Waals surface area contributed by atoms with E-state index in [9.17, 15) is 19.5 Å². The number of aryl methyl sites for hydroxylation is 1. The lowest BCUT2D eigenvalue weighted by molar-refractivity contribution is -0.116. The highest BCUT2D eigenvalue weighted by Crippen LogP contribution is 2.44. The first-order valence-corrected chi connectivity index (χ1v) is 11.3. The number of carboxylic acid groups (broad SMARTS) is 1. The molecule has 9 heteroatoms. The lowest BCUT2D eigenvalue weighted by atomic mass is 9.98. The van der Waals surface area contributed by atoms with Crippen LogP contribution in [0, 0.1) is 0 Å². The summed E-state index contributed by atoms with van der Waals surface area (Å²) in [7, 11) is 1.49. The van der Waals surface area contributed by atoms with Gasteiger partial charge in [0.25, 0.3) is 0 Å². The number of anilines is 1. The molecule has 9 nitrogen and oxygen atoms in total. The van der Waals surface area contributed by atoms with Crippen LogP contribution in [0.1, 0.15) is 54.2 Å². The van der Waals surface area contributed by atoms with Crippen molar-refractivity contribution >= 4 is 23.7 Å². The minimum atomic E-state index is -1.18. The third-order valence-corrected chi connectivity index (χ3v) is 6.18. The third kappa shape index (κ3) is 5.18. The summed E-state index contributed by atoms with van der Waals surface area (Å²) in [5.74, 6) is -1.59. The number of alkyl carbamates (subject to hydrolysis) is 1. The van der Waals surface area contributed by atoms with E-state index in [0.717, 1.165) is 22.3 Å². The molecule has 3 N–H and O–H groups in total. The van der Waals surface area contributed by atoms with Gasteiger partial charge in [-0.2, -0.15) is 5.10 Å². The number of amides is 2. The van der Waals surface area contributed by atoms with Gasteiger partial charge >= 0.3 is 12.1 Å². The predicted octanol–water partition coefficient (Wildman–Crippen LogP) is 4.15. The number of hydrogen-bond acceptors (Lipinski definition) is 5. The molecule has 3 aromatic rings. The van der Waals surface area contributed by atoms with Crippen LogP contribution >= 0.6 is 0 Å². The Hall–Kier alpha value is -4.14. The molecule has 0 fully saturated rings. The minimum Gasteiger partial charge on any atom is -0.476 e. The molecule has 0 unspecified atom stereocenters. The van der Waals surface area contributed by atoms with Crippen LogP contribution in [0.15, 0.2) is 54.7 Å². The fourth-order valence-electron chi connectivity index (χ4n) is 4.39. The second-order valence-electron chi connectivity index (χ2n) is 9.22. The SMILES string of the molecule is Cn1ncc(NC(=O)CCC(C)(C)NC(=O)OCC2c3ccccc3-c3ccccc32)c1C(=O)O. The molecule has 1 heterocycles. The average Bonchev–Trinajstić information content (AvgIpc) is 3.33. The van der Waals surface area contributed by atoms with Gasteiger partial charge in [-0.3, -0.25) is 9.48 Å². The van der Waals surface area contributed by atoms with Crippen LogP contribution in [0.4, 0.5) is 10.5 Å². The van der Waals surface area contributed by atoms with E-state index < -0.39 is 17.6 Å². The van der Waals surface area contributed by atoms with Gasteiger partial charge in [-0.1, -0.05) is 48.5 Å². The van der Waals surface area contributed by atoms with Crippen LogP contribution in [0.2, 0.25) is 0 Å². The summed E-state index contributed by atoms with van der Waals surface area (Å²) in [5.41, 5.74) is 3.89. The van der Waals surface area contributed by atoms with Gasteiger partial charge in [0.05, 0.1) is 11.9 Å². The largest absolute Gasteiger partial charge is 0.476 e. The summed E-state index contributed by atoms with van der Waals surface area (Å²) < 4.78 is 6.78. The number of ether oxygens (including phenoxy) is 1. The number of aromatic carboxylic acids is 1. The highest BCUT2D eigenvalue weighted by molar-refractivity contribution is 5.99. The molecule has 1 aliphatic carbocycles. The van der Waals surface area contributed by atoms with E-state index in [4.69, 9.17) is 4.74 Å². The van der Waals surface area contributed by atoms with E-state index in [2.05, 4.69) is 40.0 Å². The van der Waals surface area contributed by atoms with Crippen molar-refractivity contribution in [1.29, 1.82) is 0 Å². The number of aromatic nitrogens is 2. The molecule has 0 aliphatic heterocycles. The second kappa shape index (κ2) is 9.61. The molecule has 2 aromatic carbocycles. The summed E-state index contributed by atoms with van der Waals surface area (Å²) >= 11 is 0. The molecule has 0 radical (unpaired) electrons. The van der Waals surface area contributed by atoms with Crippen molar-refractivity contribution in [3.63, 3.8) is 0 Å². The van der Waals surface area contributed by atoms with Crippen molar-refractivity contribution in [2.24, 2.45) is 7.05 Å². The smallest absolute Gasteiger partial charge is 0.407 e. The molecular formula is C26H28N4O5. The maximum atomic E-state index is 12.6. The highest BCUT2D eigenvalue weighted by atomic mass is 16.5. The van der Waals surface area contributed by atoms with Crippen LogP contribution in [0.25, 0.3) is 11.1 Å². The monoisotopic (exact) mass is 476 g/mol. The van der Waals surface area contributed by atoms with Crippen LogP contribution in [0.5, 0.6) is 0 Å². The number of carboxylic acids is 1. The van der Waals surface area contributed by atoms with Gasteiger partial charge in [0, 0.05) is 24.9 Å². The number of rotatable bonds is 8. The van der Waals surface area contributed by atoms with Crippen LogP contribution in [-0.2, 0) is 16.6 Å². The molecule has 1 aliphatic rings. The number of nitrogens with zero attached hydrogens (tertiary/aromatic N) is 2. The van der Waals surface area contributed by atoms with Crippen LogP contribution in [-0.4, -0.2) is 45.0 Å². The number of hydrogen-bond donors (Lipinski definition) is 3. The topological polar surface area (TPSA) is 123 Å². The third-order valence-electron chi connectivity index (χ3n) is 6.18. The average molecular weight is 477 g/mol. The van der Waals surface area contributed by atoms with Gasteiger partial charge in [-0.15, -0.1) is 0 Å². The van der Waals surface area contributed by atoms with Crippen molar-refractivity contribution in [3.8, 4) is 11.1 Å². The Morgan fingerprint density at radius 2 is 1.66 bits per heavy atom. The normalized spacial score (nSPS) is 12.5. The highest BCUT2D eigenvalue weighted by Gasteiger charge is 2.30. The zero-order valence-corrected chi connectivity index (χ0v) is 19.9. The van der Waals surface area contributed by atoms with Crippen molar-refractivity contribution in [2.45, 2.75) is 38.1 Å². The lowest BCUT2D eigenvalue weighted by Gasteiger charge is -2.26. The summed E-state index contributed by atoms with van der Waals surface area (Å²) in [4.78, 5) is 36.3. The molecule has 4 rings (SSSR count). The first-order chi connectivity index (χ1) is 16.7. The lowest BCUT2D eigenvalue weighted by Crippen LogP contribution is -2.44. The molecule has 0 bridgehead atoms. The quantitative estimate of drug-likeness (QED) is 0.449. The van der Waals surface area contributed by atoms with Crippen molar-refractivity contribution < 1.29 is 24.2 Å². The van der Waals surface area contributed by atoms with Gasteiger partial charge in [0.15, 0.2) is 5.69 Å². The van der Waals surface area contributed by atoms with Gasteiger partial charge in [0.1, 0.15) is 6.61 Å². The van der Waals surface area contributed by atoms with Gasteiger partial charge in [-0.05, 0) is 42.5 Å². The van der Waals surface area contributed by atoms with E-state index in [1.807, 2.05) is 24.3 Å². The van der Waals surface area contributed by atoms with E-state index >= 15 is 0 Å². The fourth-order valence-corrected chi connectivity index (χ4v) is 4.39. The maximum Gasteiger partial charge on any atom is 0.407 e. The standard InChI is InChI=1S/C26H28N4O5/c1-26(2,13-12-22(31)28-21-14-27-30(3)23(21)24(32)33)29-25(34)35-15-20-18-10-6-4-8-16(18)17-9-5-7-11-19(17)20/h4-11,14,20H,12-13,15H2,1-3H3,(H,28,31)(H,29,34)(H,32,33). The minimum absolute atomic E-state index is 0.0371. The van der Waals surface area contributed by atoms with Gasteiger partial charge in [0.2, 0.25) is 5.91 Å². The Kier molecular flexibility index (Phi) is 6.59. The number of carbonyl (C=O) groups excluding carboxylic acids is 2. The molecule has 1 aromatic heterocycles. The van der Waals surface area contributed by atoms with E-state index in [1.165, 1.54) is 17.9 Å². The zero-order valence-electron chi connectivity index (χ0n) is 19.9. The molecule has 0 atom stereocenters. The fraction of sp³-hybridized carbons (Fsp3) is 0.308. The van der Waals surface area contributed by atoms with E-state index in [1.54, 1.807) is 13.8 Å². The molecule has 0 saturated heterocycles. The Labute approximate surface area is 203 Å². The summed E-state index contributed by atoms with van der Waals surface area (Å²) in [5, 5.41) is 18.5. The number of benzene rings is 2. The maximum absolute atomic E-state index is 12.6. The Morgan fingerprint density at radius 3 is 2.26 bits per heavy atom. The summed E-state index contributed by atoms with van der Waals surface area (Å²) in [6.07, 6.45) is 1.13. The molecule has 2 amide bonds. The van der Waals surface area contributed by atoms with E-state index in [0.29, 0.717) is 6.42 Å². The number of fused-ring (bicyclic) bond motifs is 3. The first-order valence-electron chi connectivity index (χ1n) is 11.3. The van der Waals surface area contributed by atoms with Crippen LogP contribution < -0.4 is 10.6 Å². The van der Waals surface area contributed by atoms with Gasteiger partial charge < -0.3 is 20.5 Å². The molecule has 0 spiro atoms. The number of carbonyl (C=O) groups is 3. The van der Waals surface area contributed by atoms with Crippen molar-refractivity contribution in [2.75, 3.05) is 11.9 Å². The van der Waals surface area contributed by atoms with Gasteiger partial charge in [-0.25, -0.2) is 9.59 Å². The first kappa shape index (κ1) is 24.0. The molecule has 0 saturated carbocycles. The van der Waals surface area contributed by atoms with Crippen molar-refractivity contribution in [3.05, 3.63) is 71.5 Å². The zero-order chi connectivity index (χ0) is 25.2.